The molecule has 1 N–H and O–H groups in total. The zero-order valence-corrected chi connectivity index (χ0v) is 20.9. The van der Waals surface area contributed by atoms with Gasteiger partial charge in [0.2, 0.25) is 11.8 Å². The van der Waals surface area contributed by atoms with E-state index in [2.05, 4.69) is 5.32 Å². The van der Waals surface area contributed by atoms with Crippen molar-refractivity contribution in [2.45, 2.75) is 39.1 Å². The van der Waals surface area contributed by atoms with Crippen LogP contribution < -0.4 is 5.32 Å². The lowest BCUT2D eigenvalue weighted by molar-refractivity contribution is -0.138. The number of thioether (sulfide) groups is 1. The molecule has 0 radical (unpaired) electrons. The topological polar surface area (TPSA) is 49.4 Å². The van der Waals surface area contributed by atoms with Crippen molar-refractivity contribution in [1.29, 1.82) is 0 Å². The average Bonchev–Trinajstić information content (AvgIpc) is 2.73. The van der Waals surface area contributed by atoms with Gasteiger partial charge in [0.1, 0.15) is 6.04 Å². The minimum atomic E-state index is -0.590. The minimum Gasteiger partial charge on any atom is -0.354 e. The van der Waals surface area contributed by atoms with Crippen LogP contribution in [-0.4, -0.2) is 35.1 Å². The third-order valence-corrected chi connectivity index (χ3v) is 6.58. The van der Waals surface area contributed by atoms with E-state index in [-0.39, 0.29) is 17.6 Å². The molecular formula is C23H27Cl3N2O2S. The first kappa shape index (κ1) is 25.9. The summed E-state index contributed by atoms with van der Waals surface area (Å²) in [4.78, 5) is 27.3. The van der Waals surface area contributed by atoms with Crippen LogP contribution in [0.4, 0.5) is 0 Å². The number of carbonyl (C=O) groups excluding carboxylic acids is 2. The Morgan fingerprint density at radius 2 is 1.61 bits per heavy atom. The Morgan fingerprint density at radius 1 is 0.968 bits per heavy atom. The van der Waals surface area contributed by atoms with Crippen molar-refractivity contribution in [1.82, 2.24) is 10.2 Å². The predicted octanol–water partition coefficient (Wildman–Crippen LogP) is 6.07. The van der Waals surface area contributed by atoms with Gasteiger partial charge in [0.15, 0.2) is 0 Å². The van der Waals surface area contributed by atoms with Crippen molar-refractivity contribution >= 4 is 58.4 Å². The molecule has 0 saturated heterocycles. The summed E-state index contributed by atoms with van der Waals surface area (Å²) >= 11 is 19.5. The maximum absolute atomic E-state index is 13.1. The lowest BCUT2D eigenvalue weighted by atomic mass is 10.1. The molecule has 0 aliphatic rings. The summed E-state index contributed by atoms with van der Waals surface area (Å²) in [5.74, 6) is 0.928. The normalized spacial score (nSPS) is 12.0. The van der Waals surface area contributed by atoms with Gasteiger partial charge in [-0.05, 0) is 48.2 Å². The van der Waals surface area contributed by atoms with Crippen LogP contribution >= 0.6 is 46.6 Å². The summed E-state index contributed by atoms with van der Waals surface area (Å²) in [6.07, 6.45) is 0. The fourth-order valence-corrected chi connectivity index (χ4v) is 4.09. The van der Waals surface area contributed by atoms with Crippen molar-refractivity contribution in [2.75, 3.05) is 12.3 Å². The van der Waals surface area contributed by atoms with Crippen LogP contribution in [0.3, 0.4) is 0 Å². The molecule has 168 valence electrons. The molecule has 31 heavy (non-hydrogen) atoms. The van der Waals surface area contributed by atoms with Crippen molar-refractivity contribution in [3.05, 3.63) is 68.7 Å². The Bertz CT molecular complexity index is 891. The molecule has 4 nitrogen and oxygen atoms in total. The van der Waals surface area contributed by atoms with Crippen molar-refractivity contribution in [3.8, 4) is 0 Å². The molecule has 2 amide bonds. The summed E-state index contributed by atoms with van der Waals surface area (Å²) in [5.41, 5.74) is 1.90. The standard InChI is InChI=1S/C23H27Cl3N2O2S/c1-15(2)11-27-23(30)16(3)28(12-17-4-7-19(24)8-5-17)22(29)14-31-13-18-6-9-20(25)21(26)10-18/h4-10,15-16H,11-14H2,1-3H3,(H,27,30). The number of amides is 2. The molecule has 2 rings (SSSR count). The van der Waals surface area contributed by atoms with Gasteiger partial charge >= 0.3 is 0 Å². The summed E-state index contributed by atoms with van der Waals surface area (Å²) < 4.78 is 0. The van der Waals surface area contributed by atoms with Gasteiger partial charge in [0, 0.05) is 23.9 Å². The predicted molar refractivity (Wildman–Crippen MR) is 132 cm³/mol. The molecular weight excluding hydrogens is 475 g/mol. The number of rotatable bonds is 10. The Labute approximate surface area is 203 Å². The van der Waals surface area contributed by atoms with Gasteiger partial charge < -0.3 is 10.2 Å². The highest BCUT2D eigenvalue weighted by Gasteiger charge is 2.26. The number of nitrogens with one attached hydrogen (secondary N) is 1. The van der Waals surface area contributed by atoms with E-state index in [1.54, 1.807) is 36.1 Å². The van der Waals surface area contributed by atoms with Gasteiger partial charge in [-0.15, -0.1) is 11.8 Å². The Balaban J connectivity index is 2.05. The number of hydrogen-bond acceptors (Lipinski definition) is 3. The third kappa shape index (κ3) is 8.57. The third-order valence-electron chi connectivity index (χ3n) is 4.60. The number of carbonyl (C=O) groups is 2. The molecule has 1 atom stereocenters. The first-order valence-corrected chi connectivity index (χ1v) is 12.3. The van der Waals surface area contributed by atoms with E-state index < -0.39 is 6.04 Å². The van der Waals surface area contributed by atoms with Crippen LogP contribution in [0.15, 0.2) is 42.5 Å². The van der Waals surface area contributed by atoms with Gasteiger partial charge in [-0.2, -0.15) is 0 Å². The van der Waals surface area contributed by atoms with Gasteiger partial charge in [-0.25, -0.2) is 0 Å². The molecule has 8 heteroatoms. The molecule has 2 aromatic rings. The van der Waals surface area contributed by atoms with Gasteiger partial charge in [0.05, 0.1) is 15.8 Å². The molecule has 0 saturated carbocycles. The lowest BCUT2D eigenvalue weighted by Gasteiger charge is -2.29. The summed E-state index contributed by atoms with van der Waals surface area (Å²) in [7, 11) is 0. The van der Waals surface area contributed by atoms with Crippen molar-refractivity contribution < 1.29 is 9.59 Å². The summed E-state index contributed by atoms with van der Waals surface area (Å²) in [6, 6.07) is 12.1. The van der Waals surface area contributed by atoms with E-state index in [9.17, 15) is 9.59 Å². The molecule has 0 aliphatic heterocycles. The molecule has 0 bridgehead atoms. The van der Waals surface area contributed by atoms with E-state index in [4.69, 9.17) is 34.8 Å². The zero-order valence-electron chi connectivity index (χ0n) is 17.8. The number of halogens is 3. The molecule has 2 aromatic carbocycles. The molecule has 0 heterocycles. The largest absolute Gasteiger partial charge is 0.354 e. The lowest BCUT2D eigenvalue weighted by Crippen LogP contribution is -2.48. The number of benzene rings is 2. The Hall–Kier alpha value is -1.40. The van der Waals surface area contributed by atoms with E-state index in [0.717, 1.165) is 11.1 Å². The Kier molecular flexibility index (Phi) is 10.5. The monoisotopic (exact) mass is 500 g/mol. The van der Waals surface area contributed by atoms with Crippen LogP contribution in [-0.2, 0) is 21.9 Å². The number of nitrogens with zero attached hydrogens (tertiary/aromatic N) is 1. The molecule has 0 fully saturated rings. The smallest absolute Gasteiger partial charge is 0.242 e. The molecule has 0 aromatic heterocycles. The first-order chi connectivity index (χ1) is 14.7. The average molecular weight is 502 g/mol. The SMILES string of the molecule is CC(C)CNC(=O)C(C)N(Cc1ccc(Cl)cc1)C(=O)CSCc1ccc(Cl)c(Cl)c1. The zero-order chi connectivity index (χ0) is 23.0. The van der Waals surface area contributed by atoms with Crippen LogP contribution in [0.5, 0.6) is 0 Å². The summed E-state index contributed by atoms with van der Waals surface area (Å²) in [5, 5.41) is 4.54. The first-order valence-electron chi connectivity index (χ1n) is 10.0. The highest BCUT2D eigenvalue weighted by molar-refractivity contribution is 7.99. The molecule has 0 spiro atoms. The van der Waals surface area contributed by atoms with Crippen molar-refractivity contribution in [3.63, 3.8) is 0 Å². The van der Waals surface area contributed by atoms with E-state index in [1.165, 1.54) is 11.8 Å². The highest BCUT2D eigenvalue weighted by atomic mass is 35.5. The molecule has 0 aliphatic carbocycles. The maximum Gasteiger partial charge on any atom is 0.242 e. The fraction of sp³-hybridized carbons (Fsp3) is 0.391. The highest BCUT2D eigenvalue weighted by Crippen LogP contribution is 2.25. The van der Waals surface area contributed by atoms with Gasteiger partial charge in [0.25, 0.3) is 0 Å². The fourth-order valence-electron chi connectivity index (χ4n) is 2.79. The second-order valence-electron chi connectivity index (χ2n) is 7.70. The molecule has 1 unspecified atom stereocenters. The van der Waals surface area contributed by atoms with E-state index in [0.29, 0.717) is 39.8 Å². The second-order valence-corrected chi connectivity index (χ2v) is 9.94. The van der Waals surface area contributed by atoms with Crippen LogP contribution in [0.25, 0.3) is 0 Å². The quantitative estimate of drug-likeness (QED) is 0.430. The Morgan fingerprint density at radius 3 is 2.23 bits per heavy atom. The summed E-state index contributed by atoms with van der Waals surface area (Å²) in [6.45, 7) is 6.72. The van der Waals surface area contributed by atoms with E-state index >= 15 is 0 Å². The van der Waals surface area contributed by atoms with Gasteiger partial charge in [-0.3, -0.25) is 9.59 Å². The van der Waals surface area contributed by atoms with Crippen LogP contribution in [0, 0.1) is 5.92 Å². The second kappa shape index (κ2) is 12.6. The maximum atomic E-state index is 13.1. The minimum absolute atomic E-state index is 0.104. The van der Waals surface area contributed by atoms with Crippen molar-refractivity contribution in [2.24, 2.45) is 5.92 Å². The van der Waals surface area contributed by atoms with Crippen LogP contribution in [0.2, 0.25) is 15.1 Å². The van der Waals surface area contributed by atoms with Crippen LogP contribution in [0.1, 0.15) is 31.9 Å². The number of hydrogen-bond donors (Lipinski definition) is 1. The van der Waals surface area contributed by atoms with E-state index in [1.807, 2.05) is 32.0 Å². The van der Waals surface area contributed by atoms with Gasteiger partial charge in [-0.1, -0.05) is 66.8 Å².